The Balaban J connectivity index is 1.72. The fourth-order valence-corrected chi connectivity index (χ4v) is 2.89. The molecular formula is C17H15N3O3S. The van der Waals surface area contributed by atoms with E-state index in [0.717, 1.165) is 16.5 Å². The number of benzene rings is 2. The van der Waals surface area contributed by atoms with Gasteiger partial charge in [-0.3, -0.25) is 4.72 Å². The van der Waals surface area contributed by atoms with Gasteiger partial charge >= 0.3 is 0 Å². The van der Waals surface area contributed by atoms with Gasteiger partial charge in [0.2, 0.25) is 11.8 Å². The lowest BCUT2D eigenvalue weighted by atomic mass is 10.2. The van der Waals surface area contributed by atoms with Gasteiger partial charge in [-0.05, 0) is 35.9 Å². The molecule has 0 spiro atoms. The van der Waals surface area contributed by atoms with Gasteiger partial charge in [-0.2, -0.15) is 0 Å². The number of hydrogen-bond donors (Lipinski definition) is 1. The van der Waals surface area contributed by atoms with E-state index in [0.29, 0.717) is 17.5 Å². The normalized spacial score (nSPS) is 11.7. The Morgan fingerprint density at radius 3 is 2.33 bits per heavy atom. The van der Waals surface area contributed by atoms with E-state index in [1.807, 2.05) is 30.3 Å². The lowest BCUT2D eigenvalue weighted by molar-refractivity contribution is 0.533. The SMILES string of the molecule is Cc1nnc(-c2ccc(NS(=O)(=O)/C=C\c3ccccc3)cc2)o1. The lowest BCUT2D eigenvalue weighted by Gasteiger charge is -2.04. The first kappa shape index (κ1) is 15.9. The summed E-state index contributed by atoms with van der Waals surface area (Å²) in [4.78, 5) is 0. The summed E-state index contributed by atoms with van der Waals surface area (Å²) in [5.74, 6) is 0.867. The van der Waals surface area contributed by atoms with Crippen LogP contribution in [0.1, 0.15) is 11.5 Å². The van der Waals surface area contributed by atoms with Crippen molar-refractivity contribution in [1.82, 2.24) is 10.2 Å². The van der Waals surface area contributed by atoms with Crippen molar-refractivity contribution in [2.24, 2.45) is 0 Å². The van der Waals surface area contributed by atoms with Gasteiger partial charge < -0.3 is 4.42 Å². The standard InChI is InChI=1S/C17H15N3O3S/c1-13-18-19-17(23-13)15-7-9-16(10-8-15)20-24(21,22)12-11-14-5-3-2-4-6-14/h2-12,20H,1H3/b12-11-. The van der Waals surface area contributed by atoms with Crippen molar-refractivity contribution in [3.05, 3.63) is 71.5 Å². The van der Waals surface area contributed by atoms with Gasteiger partial charge in [-0.15, -0.1) is 10.2 Å². The van der Waals surface area contributed by atoms with Gasteiger partial charge in [-0.1, -0.05) is 30.3 Å². The Bertz CT molecular complexity index is 946. The first-order valence-corrected chi connectivity index (χ1v) is 8.73. The lowest BCUT2D eigenvalue weighted by Crippen LogP contribution is -2.08. The van der Waals surface area contributed by atoms with Crippen LogP contribution in [0, 0.1) is 6.92 Å². The minimum Gasteiger partial charge on any atom is -0.421 e. The molecule has 0 aliphatic rings. The van der Waals surface area contributed by atoms with Crippen molar-refractivity contribution < 1.29 is 12.8 Å². The van der Waals surface area contributed by atoms with E-state index < -0.39 is 10.0 Å². The monoisotopic (exact) mass is 341 g/mol. The van der Waals surface area contributed by atoms with E-state index in [-0.39, 0.29) is 0 Å². The number of anilines is 1. The Labute approximate surface area is 139 Å². The van der Waals surface area contributed by atoms with Crippen molar-refractivity contribution >= 4 is 21.8 Å². The summed E-state index contributed by atoms with van der Waals surface area (Å²) in [6, 6.07) is 15.9. The van der Waals surface area contributed by atoms with E-state index in [1.54, 1.807) is 31.2 Å². The second-order valence-electron chi connectivity index (χ2n) is 5.06. The summed E-state index contributed by atoms with van der Waals surface area (Å²) in [7, 11) is -3.59. The van der Waals surface area contributed by atoms with Crippen molar-refractivity contribution in [2.75, 3.05) is 4.72 Å². The molecule has 0 bridgehead atoms. The highest BCUT2D eigenvalue weighted by molar-refractivity contribution is 7.95. The summed E-state index contributed by atoms with van der Waals surface area (Å²) >= 11 is 0. The topological polar surface area (TPSA) is 85.1 Å². The fourth-order valence-electron chi connectivity index (χ4n) is 2.02. The molecule has 122 valence electrons. The van der Waals surface area contributed by atoms with E-state index in [2.05, 4.69) is 14.9 Å². The molecule has 0 atom stereocenters. The van der Waals surface area contributed by atoms with Gasteiger partial charge in [0.15, 0.2) is 0 Å². The Kier molecular flexibility index (Phi) is 4.43. The van der Waals surface area contributed by atoms with Crippen LogP contribution in [-0.2, 0) is 10.0 Å². The molecule has 24 heavy (non-hydrogen) atoms. The van der Waals surface area contributed by atoms with Crippen LogP contribution in [0.15, 0.2) is 64.4 Å². The van der Waals surface area contributed by atoms with Crippen LogP contribution in [0.4, 0.5) is 5.69 Å². The molecular weight excluding hydrogens is 326 g/mol. The van der Waals surface area contributed by atoms with Gasteiger partial charge in [0.05, 0.1) is 5.41 Å². The molecule has 0 aliphatic heterocycles. The molecule has 3 aromatic rings. The van der Waals surface area contributed by atoms with E-state index in [4.69, 9.17) is 4.42 Å². The first-order chi connectivity index (χ1) is 11.5. The van der Waals surface area contributed by atoms with Crippen LogP contribution in [0.5, 0.6) is 0 Å². The molecule has 0 saturated carbocycles. The maximum atomic E-state index is 12.1. The molecule has 0 saturated heterocycles. The minimum absolute atomic E-state index is 0.394. The average molecular weight is 341 g/mol. The van der Waals surface area contributed by atoms with Crippen molar-refractivity contribution in [1.29, 1.82) is 0 Å². The van der Waals surface area contributed by atoms with Crippen molar-refractivity contribution in [3.8, 4) is 11.5 Å². The van der Waals surface area contributed by atoms with E-state index in [9.17, 15) is 8.42 Å². The number of nitrogens with one attached hydrogen (secondary N) is 1. The zero-order chi connectivity index (χ0) is 17.0. The molecule has 0 amide bonds. The van der Waals surface area contributed by atoms with Gasteiger partial charge in [0, 0.05) is 18.2 Å². The molecule has 0 radical (unpaired) electrons. The highest BCUT2D eigenvalue weighted by atomic mass is 32.2. The highest BCUT2D eigenvalue weighted by Gasteiger charge is 2.08. The molecule has 7 heteroatoms. The average Bonchev–Trinajstić information content (AvgIpc) is 3.01. The molecule has 0 fully saturated rings. The van der Waals surface area contributed by atoms with Crippen molar-refractivity contribution in [2.45, 2.75) is 6.92 Å². The summed E-state index contributed by atoms with van der Waals surface area (Å²) in [6.45, 7) is 1.71. The van der Waals surface area contributed by atoms with Gasteiger partial charge in [0.25, 0.3) is 10.0 Å². The van der Waals surface area contributed by atoms with Gasteiger partial charge in [0.1, 0.15) is 0 Å². The second-order valence-corrected chi connectivity index (χ2v) is 6.63. The van der Waals surface area contributed by atoms with Crippen LogP contribution in [0.25, 0.3) is 17.5 Å². The summed E-state index contributed by atoms with van der Waals surface area (Å²) < 4.78 is 32.0. The predicted molar refractivity (Wildman–Crippen MR) is 92.5 cm³/mol. The molecule has 1 heterocycles. The number of aromatic nitrogens is 2. The number of aryl methyl sites for hydroxylation is 1. The largest absolute Gasteiger partial charge is 0.421 e. The molecule has 0 unspecified atom stereocenters. The number of hydrogen-bond acceptors (Lipinski definition) is 5. The Morgan fingerprint density at radius 2 is 1.71 bits per heavy atom. The number of rotatable bonds is 5. The van der Waals surface area contributed by atoms with Crippen LogP contribution >= 0.6 is 0 Å². The summed E-state index contributed by atoms with van der Waals surface area (Å²) in [5.41, 5.74) is 1.98. The number of sulfonamides is 1. The van der Waals surface area contributed by atoms with Crippen LogP contribution in [0.2, 0.25) is 0 Å². The second kappa shape index (κ2) is 6.67. The minimum atomic E-state index is -3.59. The molecule has 0 aliphatic carbocycles. The zero-order valence-electron chi connectivity index (χ0n) is 12.9. The molecule has 6 nitrogen and oxygen atoms in total. The Morgan fingerprint density at radius 1 is 1.00 bits per heavy atom. The first-order valence-electron chi connectivity index (χ1n) is 7.18. The molecule has 1 aromatic heterocycles. The molecule has 1 N–H and O–H groups in total. The fraction of sp³-hybridized carbons (Fsp3) is 0.0588. The third-order valence-corrected chi connectivity index (χ3v) is 4.17. The van der Waals surface area contributed by atoms with E-state index >= 15 is 0 Å². The summed E-state index contributed by atoms with van der Waals surface area (Å²) in [6.07, 6.45) is 1.54. The number of nitrogens with zero attached hydrogens (tertiary/aromatic N) is 2. The van der Waals surface area contributed by atoms with Crippen molar-refractivity contribution in [3.63, 3.8) is 0 Å². The summed E-state index contributed by atoms with van der Waals surface area (Å²) in [5, 5.41) is 8.81. The molecule has 2 aromatic carbocycles. The zero-order valence-corrected chi connectivity index (χ0v) is 13.7. The maximum absolute atomic E-state index is 12.1. The third kappa shape index (κ3) is 4.08. The van der Waals surface area contributed by atoms with Gasteiger partial charge in [-0.25, -0.2) is 8.42 Å². The highest BCUT2D eigenvalue weighted by Crippen LogP contribution is 2.20. The van der Waals surface area contributed by atoms with E-state index in [1.165, 1.54) is 6.08 Å². The van der Waals surface area contributed by atoms with Crippen LogP contribution in [0.3, 0.4) is 0 Å². The maximum Gasteiger partial charge on any atom is 0.255 e. The third-order valence-electron chi connectivity index (χ3n) is 3.16. The smallest absolute Gasteiger partial charge is 0.255 e. The molecule has 3 rings (SSSR count). The predicted octanol–water partition coefficient (Wildman–Crippen LogP) is 3.46. The quantitative estimate of drug-likeness (QED) is 0.768. The van der Waals surface area contributed by atoms with Crippen LogP contribution in [-0.4, -0.2) is 18.6 Å². The Hall–Kier alpha value is -2.93. The van der Waals surface area contributed by atoms with Crippen LogP contribution < -0.4 is 4.72 Å².